The number of hydrogen-bond acceptors (Lipinski definition) is 3. The maximum Gasteiger partial charge on any atom is 0.250 e. The van der Waals surface area contributed by atoms with Crippen molar-refractivity contribution in [2.24, 2.45) is 0 Å². The molecule has 0 aliphatic carbocycles. The lowest BCUT2D eigenvalue weighted by Crippen LogP contribution is -2.62. The van der Waals surface area contributed by atoms with Crippen LogP contribution in [0.4, 0.5) is 0 Å². The summed E-state index contributed by atoms with van der Waals surface area (Å²) in [6.07, 6.45) is 3.23. The minimum absolute atomic E-state index is 0.158. The summed E-state index contributed by atoms with van der Waals surface area (Å²) < 4.78 is 0. The van der Waals surface area contributed by atoms with E-state index in [-0.39, 0.29) is 12.1 Å². The van der Waals surface area contributed by atoms with E-state index in [0.717, 1.165) is 25.1 Å². The highest BCUT2D eigenvalue weighted by Crippen LogP contribution is 2.20. The summed E-state index contributed by atoms with van der Waals surface area (Å²) in [7, 11) is 4.00. The number of rotatable bonds is 2. The lowest BCUT2D eigenvalue weighted by Gasteiger charge is -2.45. The summed E-state index contributed by atoms with van der Waals surface area (Å²) in [6.45, 7) is 3.97. The molecule has 2 aliphatic rings. The van der Waals surface area contributed by atoms with Gasteiger partial charge in [-0.1, -0.05) is 6.08 Å². The van der Waals surface area contributed by atoms with E-state index in [4.69, 9.17) is 0 Å². The van der Waals surface area contributed by atoms with Crippen LogP contribution in [0, 0.1) is 0 Å². The minimum Gasteiger partial charge on any atom is -0.326 e. The normalized spacial score (nSPS) is 28.0. The largest absolute Gasteiger partial charge is 0.326 e. The maximum atomic E-state index is 11.8. The highest BCUT2D eigenvalue weighted by molar-refractivity contribution is 5.93. The smallest absolute Gasteiger partial charge is 0.250 e. The van der Waals surface area contributed by atoms with E-state index in [2.05, 4.69) is 23.3 Å². The van der Waals surface area contributed by atoms with Crippen molar-refractivity contribution in [1.82, 2.24) is 15.1 Å². The molecule has 84 valence electrons. The van der Waals surface area contributed by atoms with Crippen molar-refractivity contribution >= 4 is 5.91 Å². The Morgan fingerprint density at radius 2 is 2.20 bits per heavy atom. The molecule has 1 fully saturated rings. The van der Waals surface area contributed by atoms with Crippen LogP contribution in [0.1, 0.15) is 13.3 Å². The fraction of sp³-hybridized carbons (Fsp3) is 0.727. The van der Waals surface area contributed by atoms with E-state index in [9.17, 15) is 4.79 Å². The van der Waals surface area contributed by atoms with Crippen LogP contribution in [0.25, 0.3) is 0 Å². The van der Waals surface area contributed by atoms with Crippen LogP contribution < -0.4 is 5.32 Å². The average molecular weight is 209 g/mol. The first-order chi connectivity index (χ1) is 7.11. The molecule has 0 aromatic rings. The van der Waals surface area contributed by atoms with Gasteiger partial charge in [-0.05, 0) is 14.0 Å². The van der Waals surface area contributed by atoms with Crippen molar-refractivity contribution in [2.45, 2.75) is 25.6 Å². The third-order valence-electron chi connectivity index (χ3n) is 3.55. The first-order valence-corrected chi connectivity index (χ1v) is 5.48. The average Bonchev–Trinajstić information content (AvgIpc) is 2.11. The number of hydrogen-bond donors (Lipinski definition) is 1. The van der Waals surface area contributed by atoms with Gasteiger partial charge in [-0.3, -0.25) is 9.69 Å². The van der Waals surface area contributed by atoms with Crippen molar-refractivity contribution in [3.63, 3.8) is 0 Å². The van der Waals surface area contributed by atoms with Gasteiger partial charge in [-0.15, -0.1) is 0 Å². The van der Waals surface area contributed by atoms with Crippen LogP contribution in [0.3, 0.4) is 0 Å². The summed E-state index contributed by atoms with van der Waals surface area (Å²) >= 11 is 0. The minimum atomic E-state index is 0.158. The second-order valence-corrected chi connectivity index (χ2v) is 4.50. The molecule has 4 heteroatoms. The monoisotopic (exact) mass is 209 g/mol. The van der Waals surface area contributed by atoms with Gasteiger partial charge in [0.25, 0.3) is 0 Å². The van der Waals surface area contributed by atoms with Gasteiger partial charge in [0.05, 0.1) is 6.17 Å². The molecule has 0 radical (unpaired) electrons. The number of carbonyl (C=O) groups is 1. The summed E-state index contributed by atoms with van der Waals surface area (Å²) in [6, 6.07) is 0.581. The molecule has 0 saturated carbocycles. The number of nitrogens with zero attached hydrogens (tertiary/aromatic N) is 2. The number of carbonyl (C=O) groups excluding carboxylic acids is 1. The quantitative estimate of drug-likeness (QED) is 0.696. The third-order valence-corrected chi connectivity index (χ3v) is 3.55. The second kappa shape index (κ2) is 3.94. The Kier molecular flexibility index (Phi) is 2.80. The zero-order chi connectivity index (χ0) is 11.0. The van der Waals surface area contributed by atoms with Crippen molar-refractivity contribution in [3.05, 3.63) is 11.6 Å². The zero-order valence-corrected chi connectivity index (χ0v) is 9.66. The first kappa shape index (κ1) is 10.6. The molecular weight excluding hydrogens is 190 g/mol. The van der Waals surface area contributed by atoms with E-state index >= 15 is 0 Å². The molecule has 1 unspecified atom stereocenters. The predicted octanol–water partition coefficient (Wildman–Crippen LogP) is 0.0245. The third kappa shape index (κ3) is 1.79. The topological polar surface area (TPSA) is 35.6 Å². The van der Waals surface area contributed by atoms with Crippen LogP contribution in [0.5, 0.6) is 0 Å². The van der Waals surface area contributed by atoms with E-state index < -0.39 is 0 Å². The molecule has 2 rings (SSSR count). The Bertz CT molecular complexity index is 296. The molecule has 1 saturated heterocycles. The van der Waals surface area contributed by atoms with Gasteiger partial charge < -0.3 is 10.2 Å². The van der Waals surface area contributed by atoms with Crippen molar-refractivity contribution in [3.8, 4) is 0 Å². The maximum absolute atomic E-state index is 11.8. The Morgan fingerprint density at radius 3 is 2.73 bits per heavy atom. The first-order valence-electron chi connectivity index (χ1n) is 5.48. The number of amides is 1. The van der Waals surface area contributed by atoms with E-state index in [1.807, 2.05) is 18.9 Å². The lowest BCUT2D eigenvalue weighted by atomic mass is 10.0. The van der Waals surface area contributed by atoms with Gasteiger partial charge in [0.2, 0.25) is 5.91 Å². The van der Waals surface area contributed by atoms with Crippen LogP contribution in [0.15, 0.2) is 11.6 Å². The molecule has 15 heavy (non-hydrogen) atoms. The van der Waals surface area contributed by atoms with Crippen molar-refractivity contribution < 1.29 is 4.79 Å². The van der Waals surface area contributed by atoms with Crippen molar-refractivity contribution in [1.29, 1.82) is 0 Å². The molecule has 1 atom stereocenters. The summed E-state index contributed by atoms with van der Waals surface area (Å²) in [5.41, 5.74) is 0.869. The summed E-state index contributed by atoms with van der Waals surface area (Å²) in [4.78, 5) is 15.9. The molecule has 0 spiro atoms. The molecule has 1 N–H and O–H groups in total. The Hall–Kier alpha value is -0.870. The summed E-state index contributed by atoms with van der Waals surface area (Å²) in [5, 5.41) is 3.26. The SMILES string of the molecule is CC1=CCC(N(C)C2CNC2)N(C)C1=O. The highest BCUT2D eigenvalue weighted by Gasteiger charge is 2.33. The Morgan fingerprint density at radius 1 is 1.53 bits per heavy atom. The molecule has 4 nitrogen and oxygen atoms in total. The van der Waals surface area contributed by atoms with Crippen molar-refractivity contribution in [2.75, 3.05) is 27.2 Å². The predicted molar refractivity (Wildman–Crippen MR) is 59.4 cm³/mol. The second-order valence-electron chi connectivity index (χ2n) is 4.50. The fourth-order valence-electron chi connectivity index (χ4n) is 2.19. The Balaban J connectivity index is 2.06. The number of likely N-dealkylation sites (N-methyl/N-ethyl adjacent to an activating group) is 2. The van der Waals surface area contributed by atoms with Crippen LogP contribution in [-0.2, 0) is 4.79 Å². The Labute approximate surface area is 90.9 Å². The van der Waals surface area contributed by atoms with Crippen LogP contribution in [0.2, 0.25) is 0 Å². The van der Waals surface area contributed by atoms with E-state index in [1.54, 1.807) is 0 Å². The summed E-state index contributed by atoms with van der Waals surface area (Å²) in [5.74, 6) is 0.158. The highest BCUT2D eigenvalue weighted by atomic mass is 16.2. The van der Waals surface area contributed by atoms with E-state index in [1.165, 1.54) is 0 Å². The van der Waals surface area contributed by atoms with Crippen LogP contribution in [-0.4, -0.2) is 55.1 Å². The van der Waals surface area contributed by atoms with Gasteiger partial charge in [0.15, 0.2) is 0 Å². The lowest BCUT2D eigenvalue weighted by molar-refractivity contribution is -0.133. The van der Waals surface area contributed by atoms with Crippen LogP contribution >= 0.6 is 0 Å². The zero-order valence-electron chi connectivity index (χ0n) is 9.66. The molecular formula is C11H19N3O. The fourth-order valence-corrected chi connectivity index (χ4v) is 2.19. The number of nitrogens with one attached hydrogen (secondary N) is 1. The van der Waals surface area contributed by atoms with Gasteiger partial charge in [-0.25, -0.2) is 0 Å². The van der Waals surface area contributed by atoms with Gasteiger partial charge >= 0.3 is 0 Å². The molecule has 1 amide bonds. The van der Waals surface area contributed by atoms with Gasteiger partial charge in [0.1, 0.15) is 0 Å². The molecule has 0 aromatic heterocycles. The molecule has 2 heterocycles. The molecule has 0 aromatic carbocycles. The van der Waals surface area contributed by atoms with Gasteiger partial charge in [0, 0.05) is 38.2 Å². The molecule has 2 aliphatic heterocycles. The standard InChI is InChI=1S/C11H19N3O/c1-8-4-5-10(14(3)11(8)15)13(2)9-6-12-7-9/h4,9-10,12H,5-7H2,1-3H3. The van der Waals surface area contributed by atoms with Gasteiger partial charge in [-0.2, -0.15) is 0 Å². The molecule has 0 bridgehead atoms. The van der Waals surface area contributed by atoms with E-state index in [0.29, 0.717) is 6.04 Å².